The largest absolute Gasteiger partial charge is 0.494 e. The van der Waals surface area contributed by atoms with Crippen LogP contribution in [0.2, 0.25) is 0 Å². The van der Waals surface area contributed by atoms with E-state index in [4.69, 9.17) is 14.9 Å². The van der Waals surface area contributed by atoms with Crippen LogP contribution in [-0.2, 0) is 6.54 Å². The fraction of sp³-hybridized carbons (Fsp3) is 0.138. The van der Waals surface area contributed by atoms with Crippen LogP contribution in [0.3, 0.4) is 0 Å². The first-order valence-corrected chi connectivity index (χ1v) is 11.9. The molecule has 0 unspecified atom stereocenters. The summed E-state index contributed by atoms with van der Waals surface area (Å²) in [6, 6.07) is 25.3. The average molecular weight is 514 g/mol. The van der Waals surface area contributed by atoms with Crippen LogP contribution in [0.5, 0.6) is 5.75 Å². The molecule has 0 aliphatic heterocycles. The van der Waals surface area contributed by atoms with Crippen LogP contribution < -0.4 is 10.5 Å². The van der Waals surface area contributed by atoms with Crippen molar-refractivity contribution < 1.29 is 9.15 Å². The average Bonchev–Trinajstić information content (AvgIpc) is 3.63. The molecule has 0 atom stereocenters. The van der Waals surface area contributed by atoms with E-state index in [0.29, 0.717) is 18.1 Å². The van der Waals surface area contributed by atoms with Gasteiger partial charge in [-0.1, -0.05) is 6.07 Å². The third-order valence-electron chi connectivity index (χ3n) is 5.71. The number of aryl methyl sites for hydroxylation is 1. The maximum Gasteiger partial charge on any atom is 0.150 e. The SMILES string of the molecule is Cl.NC(=Nc1ccc(-c2ccc(-c3ccc(OCCCCn4ccnc4)cc3)o2)cc1)c1ccccn1. The van der Waals surface area contributed by atoms with Gasteiger partial charge in [0.15, 0.2) is 0 Å². The topological polar surface area (TPSA) is 91.5 Å². The zero-order valence-electron chi connectivity index (χ0n) is 20.2. The summed E-state index contributed by atoms with van der Waals surface area (Å²) in [4.78, 5) is 12.7. The molecule has 5 rings (SSSR count). The van der Waals surface area contributed by atoms with Gasteiger partial charge in [-0.2, -0.15) is 0 Å². The van der Waals surface area contributed by atoms with Crippen molar-refractivity contribution in [1.82, 2.24) is 14.5 Å². The lowest BCUT2D eigenvalue weighted by Gasteiger charge is -2.07. The van der Waals surface area contributed by atoms with Crippen LogP contribution in [-0.4, -0.2) is 27.0 Å². The first kappa shape index (κ1) is 25.7. The number of aliphatic imine (C=N–C) groups is 1. The molecule has 0 radical (unpaired) electrons. The number of halogens is 1. The number of pyridine rings is 1. The van der Waals surface area contributed by atoms with Crippen molar-refractivity contribution in [3.63, 3.8) is 0 Å². The molecule has 0 bridgehead atoms. The van der Waals surface area contributed by atoms with Crippen LogP contribution >= 0.6 is 12.4 Å². The summed E-state index contributed by atoms with van der Waals surface area (Å²) < 4.78 is 14.1. The minimum atomic E-state index is 0. The predicted molar refractivity (Wildman–Crippen MR) is 148 cm³/mol. The third-order valence-corrected chi connectivity index (χ3v) is 5.71. The number of amidine groups is 1. The fourth-order valence-corrected chi connectivity index (χ4v) is 3.78. The van der Waals surface area contributed by atoms with E-state index in [0.717, 1.165) is 53.5 Å². The lowest BCUT2D eigenvalue weighted by atomic mass is 10.1. The van der Waals surface area contributed by atoms with E-state index in [2.05, 4.69) is 19.5 Å². The van der Waals surface area contributed by atoms with E-state index in [-0.39, 0.29) is 12.4 Å². The molecule has 0 saturated heterocycles. The van der Waals surface area contributed by atoms with Crippen molar-refractivity contribution in [3.05, 3.63) is 109 Å². The van der Waals surface area contributed by atoms with Gasteiger partial charge in [0, 0.05) is 36.3 Å². The number of unbranched alkanes of at least 4 members (excludes halogenated alkanes) is 1. The number of furan rings is 1. The maximum atomic E-state index is 6.12. The van der Waals surface area contributed by atoms with Gasteiger partial charge in [0.2, 0.25) is 0 Å². The van der Waals surface area contributed by atoms with Crippen LogP contribution in [0.15, 0.2) is 113 Å². The highest BCUT2D eigenvalue weighted by molar-refractivity contribution is 5.97. The molecule has 37 heavy (non-hydrogen) atoms. The maximum absolute atomic E-state index is 6.12. The number of nitrogens with zero attached hydrogens (tertiary/aromatic N) is 4. The highest BCUT2D eigenvalue weighted by Crippen LogP contribution is 2.30. The molecule has 0 aliphatic carbocycles. The summed E-state index contributed by atoms with van der Waals surface area (Å²) in [5.41, 5.74) is 9.44. The molecular weight excluding hydrogens is 486 g/mol. The minimum absolute atomic E-state index is 0. The Balaban J connectivity index is 0.00000320. The molecule has 5 aromatic rings. The molecule has 3 heterocycles. The minimum Gasteiger partial charge on any atom is -0.494 e. The predicted octanol–water partition coefficient (Wildman–Crippen LogP) is 6.52. The van der Waals surface area contributed by atoms with Gasteiger partial charge in [0.1, 0.15) is 28.8 Å². The molecular formula is C29H28ClN5O2. The molecule has 0 spiro atoms. The number of aromatic nitrogens is 3. The summed E-state index contributed by atoms with van der Waals surface area (Å²) in [6.07, 6.45) is 9.35. The number of rotatable bonds is 10. The van der Waals surface area contributed by atoms with E-state index < -0.39 is 0 Å². The van der Waals surface area contributed by atoms with Crippen molar-refractivity contribution >= 4 is 23.9 Å². The van der Waals surface area contributed by atoms with Gasteiger partial charge in [0.05, 0.1) is 18.6 Å². The van der Waals surface area contributed by atoms with Crippen LogP contribution in [0.25, 0.3) is 22.6 Å². The fourth-order valence-electron chi connectivity index (χ4n) is 3.78. The molecule has 0 amide bonds. The number of benzene rings is 2. The number of hydrogen-bond acceptors (Lipinski definition) is 5. The van der Waals surface area contributed by atoms with Gasteiger partial charge in [0.25, 0.3) is 0 Å². The van der Waals surface area contributed by atoms with Crippen molar-refractivity contribution in [2.45, 2.75) is 19.4 Å². The summed E-state index contributed by atoms with van der Waals surface area (Å²) in [5, 5.41) is 0. The van der Waals surface area contributed by atoms with Gasteiger partial charge in [-0.25, -0.2) is 9.98 Å². The molecule has 3 aromatic heterocycles. The van der Waals surface area contributed by atoms with Crippen molar-refractivity contribution in [2.75, 3.05) is 6.61 Å². The Morgan fingerprint density at radius 2 is 1.59 bits per heavy atom. The highest BCUT2D eigenvalue weighted by atomic mass is 35.5. The van der Waals surface area contributed by atoms with E-state index in [1.807, 2.05) is 91.4 Å². The van der Waals surface area contributed by atoms with E-state index >= 15 is 0 Å². The highest BCUT2D eigenvalue weighted by Gasteiger charge is 2.08. The van der Waals surface area contributed by atoms with E-state index in [1.165, 1.54) is 0 Å². The summed E-state index contributed by atoms with van der Waals surface area (Å²) in [7, 11) is 0. The van der Waals surface area contributed by atoms with Gasteiger partial charge in [-0.15, -0.1) is 12.4 Å². The number of nitrogens with two attached hydrogens (primary N) is 1. The Morgan fingerprint density at radius 1 is 0.865 bits per heavy atom. The molecule has 8 heteroatoms. The smallest absolute Gasteiger partial charge is 0.150 e. The standard InChI is InChI=1S/C29H27N5O2.ClH/c30-29(26-5-1-2-16-32-26)33-24-10-6-22(7-11-24)27-14-15-28(36-27)23-8-12-25(13-9-23)35-20-4-3-18-34-19-17-31-21-34;/h1-2,5-17,19,21H,3-4,18,20H2,(H2,30,33);1H. The summed E-state index contributed by atoms with van der Waals surface area (Å²) in [5.74, 6) is 2.83. The van der Waals surface area contributed by atoms with Gasteiger partial charge in [-0.3, -0.25) is 4.98 Å². The third kappa shape index (κ3) is 6.86. The first-order chi connectivity index (χ1) is 17.7. The van der Waals surface area contributed by atoms with Crippen LogP contribution in [0.4, 0.5) is 5.69 Å². The lowest BCUT2D eigenvalue weighted by Crippen LogP contribution is -2.14. The second-order valence-electron chi connectivity index (χ2n) is 8.30. The van der Waals surface area contributed by atoms with E-state index in [9.17, 15) is 0 Å². The van der Waals surface area contributed by atoms with Gasteiger partial charge < -0.3 is 19.5 Å². The zero-order chi connectivity index (χ0) is 24.6. The van der Waals surface area contributed by atoms with Crippen molar-refractivity contribution in [3.8, 4) is 28.4 Å². The first-order valence-electron chi connectivity index (χ1n) is 11.9. The quantitative estimate of drug-likeness (QED) is 0.130. The second-order valence-corrected chi connectivity index (χ2v) is 8.30. The van der Waals surface area contributed by atoms with Crippen LogP contribution in [0.1, 0.15) is 18.5 Å². The Labute approximate surface area is 222 Å². The van der Waals surface area contributed by atoms with Crippen LogP contribution in [0, 0.1) is 0 Å². The molecule has 0 aliphatic rings. The Bertz CT molecular complexity index is 1400. The monoisotopic (exact) mass is 513 g/mol. The summed E-state index contributed by atoms with van der Waals surface area (Å²) in [6.45, 7) is 1.64. The number of imidazole rings is 1. The van der Waals surface area contributed by atoms with Crippen molar-refractivity contribution in [2.24, 2.45) is 10.7 Å². The zero-order valence-corrected chi connectivity index (χ0v) is 21.1. The molecule has 2 aromatic carbocycles. The molecule has 2 N–H and O–H groups in total. The summed E-state index contributed by atoms with van der Waals surface area (Å²) >= 11 is 0. The molecule has 0 saturated carbocycles. The Morgan fingerprint density at radius 3 is 2.24 bits per heavy atom. The lowest BCUT2D eigenvalue weighted by molar-refractivity contribution is 0.303. The number of ether oxygens (including phenoxy) is 1. The molecule has 188 valence electrons. The second kappa shape index (κ2) is 12.6. The van der Waals surface area contributed by atoms with E-state index in [1.54, 1.807) is 12.4 Å². The molecule has 7 nitrogen and oxygen atoms in total. The van der Waals surface area contributed by atoms with Crippen molar-refractivity contribution in [1.29, 1.82) is 0 Å². The Hall–Kier alpha value is -4.36. The normalized spacial score (nSPS) is 11.2. The molecule has 0 fully saturated rings. The number of hydrogen-bond donors (Lipinski definition) is 1. The van der Waals surface area contributed by atoms with Gasteiger partial charge in [-0.05, 0) is 85.6 Å². The Kier molecular flexibility index (Phi) is 8.73. The van der Waals surface area contributed by atoms with Gasteiger partial charge >= 0.3 is 0 Å².